The summed E-state index contributed by atoms with van der Waals surface area (Å²) in [5.41, 5.74) is 2.63. The average Bonchev–Trinajstić information content (AvgIpc) is 3.45. The van der Waals surface area contributed by atoms with Crippen LogP contribution in [0.25, 0.3) is 0 Å². The summed E-state index contributed by atoms with van der Waals surface area (Å²) in [5, 5.41) is 2.18. The minimum atomic E-state index is -0.0591. The van der Waals surface area contributed by atoms with Crippen molar-refractivity contribution in [1.82, 2.24) is 4.90 Å². The fraction of sp³-hybridized carbons (Fsp3) is 0.676. The molecule has 1 unspecified atom stereocenters. The van der Waals surface area contributed by atoms with E-state index in [-0.39, 0.29) is 5.97 Å². The number of carbonyl (C=O) groups excluding carboxylic acids is 1. The van der Waals surface area contributed by atoms with Gasteiger partial charge in [0.05, 0.1) is 0 Å². The molecule has 3 nitrogen and oxygen atoms in total. The zero-order valence-corrected chi connectivity index (χ0v) is 25.2. The monoisotopic (exact) mass is 539 g/mol. The number of thiophene rings is 1. The first-order valence-corrected chi connectivity index (χ1v) is 16.7. The van der Waals surface area contributed by atoms with Gasteiger partial charge in [0.2, 0.25) is 0 Å². The first-order valence-electron chi connectivity index (χ1n) is 15.8. The van der Waals surface area contributed by atoms with Crippen molar-refractivity contribution < 1.29 is 9.53 Å². The fourth-order valence-electron chi connectivity index (χ4n) is 5.92. The van der Waals surface area contributed by atoms with Crippen LogP contribution in [0.3, 0.4) is 0 Å². The van der Waals surface area contributed by atoms with Gasteiger partial charge in [0.15, 0.2) is 0 Å². The minimum Gasteiger partial charge on any atom is -0.426 e. The fourth-order valence-corrected chi connectivity index (χ4v) is 6.62. The van der Waals surface area contributed by atoms with E-state index in [1.54, 1.807) is 0 Å². The lowest BCUT2D eigenvalue weighted by Crippen LogP contribution is -2.41. The van der Waals surface area contributed by atoms with Gasteiger partial charge in [-0.05, 0) is 73.7 Å². The Hall–Kier alpha value is -1.65. The molecule has 0 radical (unpaired) electrons. The van der Waals surface area contributed by atoms with Gasteiger partial charge < -0.3 is 4.74 Å². The van der Waals surface area contributed by atoms with Gasteiger partial charge in [0, 0.05) is 23.9 Å². The van der Waals surface area contributed by atoms with Crippen LogP contribution in [0.5, 0.6) is 5.75 Å². The highest BCUT2D eigenvalue weighted by Crippen LogP contribution is 2.32. The highest BCUT2D eigenvalue weighted by Gasteiger charge is 2.26. The number of carbonyl (C=O) groups is 1. The van der Waals surface area contributed by atoms with Crippen molar-refractivity contribution in [1.29, 1.82) is 0 Å². The van der Waals surface area contributed by atoms with Crippen molar-refractivity contribution >= 4 is 17.3 Å². The molecule has 3 rings (SSSR count). The van der Waals surface area contributed by atoms with Crippen LogP contribution in [0, 0.1) is 0 Å². The van der Waals surface area contributed by atoms with Crippen LogP contribution in [0.15, 0.2) is 35.7 Å². The molecule has 0 bridgehead atoms. The number of benzene rings is 1. The largest absolute Gasteiger partial charge is 0.426 e. The molecule has 0 amide bonds. The zero-order valence-electron chi connectivity index (χ0n) is 24.4. The Morgan fingerprint density at radius 2 is 1.58 bits per heavy atom. The van der Waals surface area contributed by atoms with Crippen molar-refractivity contribution in [3.8, 4) is 5.75 Å². The van der Waals surface area contributed by atoms with Crippen LogP contribution in [-0.2, 0) is 24.1 Å². The second-order valence-electron chi connectivity index (χ2n) is 11.3. The van der Waals surface area contributed by atoms with Gasteiger partial charge in [-0.1, -0.05) is 103 Å². The van der Waals surface area contributed by atoms with E-state index in [1.807, 2.05) is 17.4 Å². The summed E-state index contributed by atoms with van der Waals surface area (Å²) in [6.07, 6.45) is 21.8. The Morgan fingerprint density at radius 3 is 2.24 bits per heavy atom. The topological polar surface area (TPSA) is 29.5 Å². The van der Waals surface area contributed by atoms with Crippen LogP contribution in [0.1, 0.15) is 126 Å². The molecule has 0 aliphatic heterocycles. The van der Waals surface area contributed by atoms with Gasteiger partial charge in [-0.25, -0.2) is 0 Å². The summed E-state index contributed by atoms with van der Waals surface area (Å²) in [5.74, 6) is 0.752. The van der Waals surface area contributed by atoms with E-state index in [2.05, 4.69) is 48.4 Å². The molecule has 1 aliphatic rings. The van der Waals surface area contributed by atoms with Crippen molar-refractivity contribution in [3.05, 3.63) is 51.7 Å². The first kappa shape index (κ1) is 30.9. The standard InChI is InChI=1S/C34H53NO2S/c1-3-5-6-7-8-9-10-11-12-13-14-15-21-34(36)37-33-20-16-18-29-28-30(22-23-32(29)33)35(25-4-2)26-24-31-19-17-27-38-31/h16-20,27,30H,3-15,21-26,28H2,1-2H3. The molecule has 0 fully saturated rings. The Morgan fingerprint density at radius 1 is 0.868 bits per heavy atom. The molecular formula is C34H53NO2S. The normalized spacial score (nSPS) is 15.1. The first-order chi connectivity index (χ1) is 18.7. The summed E-state index contributed by atoms with van der Waals surface area (Å²) >= 11 is 1.87. The van der Waals surface area contributed by atoms with Gasteiger partial charge in [0.25, 0.3) is 0 Å². The maximum absolute atomic E-state index is 12.6. The molecule has 212 valence electrons. The summed E-state index contributed by atoms with van der Waals surface area (Å²) in [4.78, 5) is 16.8. The third-order valence-electron chi connectivity index (χ3n) is 8.12. The third kappa shape index (κ3) is 11.2. The summed E-state index contributed by atoms with van der Waals surface area (Å²) < 4.78 is 5.90. The lowest BCUT2D eigenvalue weighted by Gasteiger charge is -2.35. The maximum atomic E-state index is 12.6. The third-order valence-corrected chi connectivity index (χ3v) is 9.06. The molecule has 1 aromatic heterocycles. The van der Waals surface area contributed by atoms with Gasteiger partial charge in [-0.15, -0.1) is 11.3 Å². The van der Waals surface area contributed by atoms with E-state index >= 15 is 0 Å². The average molecular weight is 540 g/mol. The van der Waals surface area contributed by atoms with Gasteiger partial charge in [-0.3, -0.25) is 9.69 Å². The Balaban J connectivity index is 1.34. The van der Waals surface area contributed by atoms with Crippen molar-refractivity contribution in [2.24, 2.45) is 0 Å². The molecule has 0 saturated carbocycles. The molecule has 4 heteroatoms. The van der Waals surface area contributed by atoms with E-state index in [4.69, 9.17) is 4.74 Å². The van der Waals surface area contributed by atoms with E-state index in [0.717, 1.165) is 57.4 Å². The minimum absolute atomic E-state index is 0.0591. The SMILES string of the molecule is CCCCCCCCCCCCCCC(=O)Oc1cccc2c1CCC(N(CCC)CCc1cccs1)C2. The van der Waals surface area contributed by atoms with E-state index in [0.29, 0.717) is 12.5 Å². The molecule has 0 N–H and O–H groups in total. The van der Waals surface area contributed by atoms with Crippen LogP contribution >= 0.6 is 11.3 Å². The van der Waals surface area contributed by atoms with E-state index < -0.39 is 0 Å². The molecule has 0 saturated heterocycles. The number of unbranched alkanes of at least 4 members (excludes halogenated alkanes) is 11. The van der Waals surface area contributed by atoms with Crippen molar-refractivity contribution in [3.63, 3.8) is 0 Å². The number of hydrogen-bond donors (Lipinski definition) is 0. The lowest BCUT2D eigenvalue weighted by atomic mass is 9.86. The van der Waals surface area contributed by atoms with Gasteiger partial charge in [-0.2, -0.15) is 0 Å². The molecule has 1 aromatic carbocycles. The smallest absolute Gasteiger partial charge is 0.311 e. The highest BCUT2D eigenvalue weighted by molar-refractivity contribution is 7.09. The molecule has 38 heavy (non-hydrogen) atoms. The van der Waals surface area contributed by atoms with Gasteiger partial charge in [0.1, 0.15) is 5.75 Å². The quantitative estimate of drug-likeness (QED) is 0.0953. The lowest BCUT2D eigenvalue weighted by molar-refractivity contribution is -0.134. The number of ether oxygens (including phenoxy) is 1. The van der Waals surface area contributed by atoms with Crippen LogP contribution in [0.4, 0.5) is 0 Å². The number of fused-ring (bicyclic) bond motifs is 1. The van der Waals surface area contributed by atoms with Crippen molar-refractivity contribution in [2.75, 3.05) is 13.1 Å². The van der Waals surface area contributed by atoms with E-state index in [9.17, 15) is 4.79 Å². The number of esters is 1. The number of hydrogen-bond acceptors (Lipinski definition) is 4. The Kier molecular flexibility index (Phi) is 15.1. The zero-order chi connectivity index (χ0) is 26.8. The Bertz CT molecular complexity index is 894. The van der Waals surface area contributed by atoms with Crippen LogP contribution < -0.4 is 4.74 Å². The molecule has 1 heterocycles. The summed E-state index contributed by atoms with van der Waals surface area (Å²) in [6, 6.07) is 11.3. The molecule has 0 spiro atoms. The number of nitrogens with zero attached hydrogens (tertiary/aromatic N) is 1. The van der Waals surface area contributed by atoms with Crippen LogP contribution in [-0.4, -0.2) is 30.0 Å². The van der Waals surface area contributed by atoms with Crippen molar-refractivity contribution in [2.45, 2.75) is 135 Å². The second kappa shape index (κ2) is 18.6. The molecule has 2 aromatic rings. The maximum Gasteiger partial charge on any atom is 0.311 e. The van der Waals surface area contributed by atoms with Gasteiger partial charge >= 0.3 is 5.97 Å². The Labute approximate surface area is 237 Å². The molecule has 1 atom stereocenters. The predicted molar refractivity (Wildman–Crippen MR) is 163 cm³/mol. The van der Waals surface area contributed by atoms with E-state index in [1.165, 1.54) is 86.6 Å². The molecule has 1 aliphatic carbocycles. The number of rotatable bonds is 20. The predicted octanol–water partition coefficient (Wildman–Crippen LogP) is 9.56. The molecular weight excluding hydrogens is 486 g/mol. The summed E-state index contributed by atoms with van der Waals surface area (Å²) in [6.45, 7) is 6.84. The van der Waals surface area contributed by atoms with Crippen LogP contribution in [0.2, 0.25) is 0 Å². The summed E-state index contributed by atoms with van der Waals surface area (Å²) in [7, 11) is 0. The highest BCUT2D eigenvalue weighted by atomic mass is 32.1. The second-order valence-corrected chi connectivity index (χ2v) is 12.3.